The van der Waals surface area contributed by atoms with Gasteiger partial charge in [0.05, 0.1) is 0 Å². The van der Waals surface area contributed by atoms with Crippen molar-refractivity contribution in [2.24, 2.45) is 0 Å². The van der Waals surface area contributed by atoms with Gasteiger partial charge in [0.15, 0.2) is 0 Å². The first-order chi connectivity index (χ1) is 24.3. The van der Waals surface area contributed by atoms with Gasteiger partial charge in [0.2, 0.25) is 0 Å². The topological polar surface area (TPSA) is 3.24 Å². The van der Waals surface area contributed by atoms with E-state index >= 15 is 0 Å². The van der Waals surface area contributed by atoms with Crippen LogP contribution in [0.5, 0.6) is 0 Å². The second-order valence-electron chi connectivity index (χ2n) is 12.5. The third kappa shape index (κ3) is 4.74. The average Bonchev–Trinajstić information content (AvgIpc) is 3.75. The van der Waals surface area contributed by atoms with Crippen LogP contribution in [0.4, 0.5) is 17.1 Å². The van der Waals surface area contributed by atoms with Crippen molar-refractivity contribution in [1.29, 1.82) is 0 Å². The third-order valence-electron chi connectivity index (χ3n) is 9.65. The number of hydrogen-bond donors (Lipinski definition) is 0. The lowest BCUT2D eigenvalue weighted by atomic mass is 10.0. The summed E-state index contributed by atoms with van der Waals surface area (Å²) in [7, 11) is 0. The standard InChI is InChI=1S/C46H29NS2/c1-2-10-30(11-3-1)32-12-8-13-35(28-32)47(36-25-26-37-33(29-36)22-27-44-45(37)41-15-5-7-19-43(41)48-44)34-23-20-31(21-24-34)38-16-9-17-40-39-14-4-6-18-42(39)49-46(38)40/h1-29H. The Kier molecular flexibility index (Phi) is 6.61. The Morgan fingerprint density at radius 3 is 1.88 bits per heavy atom. The van der Waals surface area contributed by atoms with Gasteiger partial charge < -0.3 is 4.90 Å². The van der Waals surface area contributed by atoms with Crippen LogP contribution in [0, 0.1) is 0 Å². The van der Waals surface area contributed by atoms with Gasteiger partial charge >= 0.3 is 0 Å². The highest BCUT2D eigenvalue weighted by atomic mass is 32.1. The summed E-state index contributed by atoms with van der Waals surface area (Å²) in [6, 6.07) is 64.4. The van der Waals surface area contributed by atoms with Crippen LogP contribution < -0.4 is 4.90 Å². The first-order valence-corrected chi connectivity index (χ1v) is 18.2. The fraction of sp³-hybridized carbons (Fsp3) is 0. The molecule has 0 aliphatic carbocycles. The summed E-state index contributed by atoms with van der Waals surface area (Å²) >= 11 is 3.75. The summed E-state index contributed by atoms with van der Waals surface area (Å²) < 4.78 is 5.33. The van der Waals surface area contributed by atoms with Crippen molar-refractivity contribution >= 4 is 90.9 Å². The maximum Gasteiger partial charge on any atom is 0.0468 e. The van der Waals surface area contributed by atoms with Gasteiger partial charge in [-0.25, -0.2) is 0 Å². The Labute approximate surface area is 292 Å². The molecule has 2 heterocycles. The first-order valence-electron chi connectivity index (χ1n) is 16.6. The summed E-state index contributed by atoms with van der Waals surface area (Å²) in [5, 5.41) is 7.87. The monoisotopic (exact) mass is 659 g/mol. The lowest BCUT2D eigenvalue weighted by molar-refractivity contribution is 1.29. The van der Waals surface area contributed by atoms with E-state index in [0.717, 1.165) is 17.1 Å². The minimum Gasteiger partial charge on any atom is -0.310 e. The van der Waals surface area contributed by atoms with Crippen molar-refractivity contribution < 1.29 is 0 Å². The van der Waals surface area contributed by atoms with E-state index in [1.807, 2.05) is 22.7 Å². The predicted octanol–water partition coefficient (Wildman–Crippen LogP) is 14.4. The van der Waals surface area contributed by atoms with Gasteiger partial charge in [-0.15, -0.1) is 22.7 Å². The lowest BCUT2D eigenvalue weighted by Gasteiger charge is -2.26. The van der Waals surface area contributed by atoms with Crippen molar-refractivity contribution in [3.05, 3.63) is 176 Å². The quantitative estimate of drug-likeness (QED) is 0.178. The minimum absolute atomic E-state index is 1.12. The zero-order valence-electron chi connectivity index (χ0n) is 26.5. The van der Waals surface area contributed by atoms with Crippen molar-refractivity contribution in [3.63, 3.8) is 0 Å². The number of rotatable bonds is 5. The van der Waals surface area contributed by atoms with E-state index in [9.17, 15) is 0 Å². The summed E-state index contributed by atoms with van der Waals surface area (Å²) in [6.07, 6.45) is 0. The molecule has 0 fully saturated rings. The number of thiophene rings is 2. The molecule has 1 nitrogen and oxygen atoms in total. The normalized spacial score (nSPS) is 11.7. The van der Waals surface area contributed by atoms with E-state index < -0.39 is 0 Å². The molecule has 10 rings (SSSR count). The molecule has 0 aliphatic rings. The minimum atomic E-state index is 1.12. The van der Waals surface area contributed by atoms with Crippen LogP contribution >= 0.6 is 22.7 Å². The summed E-state index contributed by atoms with van der Waals surface area (Å²) in [5.74, 6) is 0. The van der Waals surface area contributed by atoms with Crippen LogP contribution in [-0.4, -0.2) is 0 Å². The van der Waals surface area contributed by atoms with Crippen LogP contribution in [0.3, 0.4) is 0 Å². The molecule has 0 unspecified atom stereocenters. The summed E-state index contributed by atoms with van der Waals surface area (Å²) in [4.78, 5) is 2.39. The maximum atomic E-state index is 2.39. The molecule has 0 atom stereocenters. The average molecular weight is 660 g/mol. The molecule has 0 saturated heterocycles. The van der Waals surface area contributed by atoms with Crippen LogP contribution in [-0.2, 0) is 0 Å². The first kappa shape index (κ1) is 28.3. The van der Waals surface area contributed by atoms with E-state index in [1.165, 1.54) is 73.4 Å². The molecule has 230 valence electrons. The lowest BCUT2D eigenvalue weighted by Crippen LogP contribution is -2.10. The van der Waals surface area contributed by atoms with Crippen molar-refractivity contribution in [3.8, 4) is 22.3 Å². The van der Waals surface area contributed by atoms with Gasteiger partial charge in [0, 0.05) is 57.4 Å². The van der Waals surface area contributed by atoms with E-state index in [2.05, 4.69) is 181 Å². The molecule has 0 aliphatic heterocycles. The Morgan fingerprint density at radius 1 is 0.347 bits per heavy atom. The van der Waals surface area contributed by atoms with Crippen LogP contribution in [0.1, 0.15) is 0 Å². The predicted molar refractivity (Wildman–Crippen MR) is 215 cm³/mol. The summed E-state index contributed by atoms with van der Waals surface area (Å²) in [5.41, 5.74) is 8.30. The second-order valence-corrected chi connectivity index (χ2v) is 14.7. The van der Waals surface area contributed by atoms with Gasteiger partial charge in [-0.1, -0.05) is 121 Å². The Bertz CT molecular complexity index is 2830. The van der Waals surface area contributed by atoms with Crippen molar-refractivity contribution in [2.75, 3.05) is 4.90 Å². The molecule has 49 heavy (non-hydrogen) atoms. The highest BCUT2D eigenvalue weighted by molar-refractivity contribution is 7.26. The number of hydrogen-bond acceptors (Lipinski definition) is 3. The molecule has 0 saturated carbocycles. The zero-order valence-corrected chi connectivity index (χ0v) is 28.1. The Morgan fingerprint density at radius 2 is 1.02 bits per heavy atom. The highest BCUT2D eigenvalue weighted by Gasteiger charge is 2.17. The van der Waals surface area contributed by atoms with E-state index in [0.29, 0.717) is 0 Å². The van der Waals surface area contributed by atoms with Crippen LogP contribution in [0.15, 0.2) is 176 Å². The number of nitrogens with zero attached hydrogens (tertiary/aromatic N) is 1. The van der Waals surface area contributed by atoms with Gasteiger partial charge in [0.1, 0.15) is 0 Å². The van der Waals surface area contributed by atoms with Crippen LogP contribution in [0.2, 0.25) is 0 Å². The van der Waals surface area contributed by atoms with Gasteiger partial charge in [-0.3, -0.25) is 0 Å². The Balaban J connectivity index is 1.13. The van der Waals surface area contributed by atoms with E-state index in [-0.39, 0.29) is 0 Å². The number of anilines is 3. The fourth-order valence-corrected chi connectivity index (χ4v) is 9.71. The van der Waals surface area contributed by atoms with Gasteiger partial charge in [-0.2, -0.15) is 0 Å². The Hall–Kier alpha value is -5.74. The highest BCUT2D eigenvalue weighted by Crippen LogP contribution is 2.44. The van der Waals surface area contributed by atoms with Crippen molar-refractivity contribution in [1.82, 2.24) is 0 Å². The van der Waals surface area contributed by atoms with Crippen molar-refractivity contribution in [2.45, 2.75) is 0 Å². The SMILES string of the molecule is c1ccc(-c2cccc(N(c3ccc(-c4cccc5c4sc4ccccc45)cc3)c3ccc4c(ccc5sc6ccccc6c54)c3)c2)cc1. The van der Waals surface area contributed by atoms with E-state index in [1.54, 1.807) is 0 Å². The molecule has 0 spiro atoms. The molecule has 0 radical (unpaired) electrons. The molecule has 3 heteroatoms. The fourth-order valence-electron chi connectivity index (χ4n) is 7.35. The summed E-state index contributed by atoms with van der Waals surface area (Å²) in [6.45, 7) is 0. The molecule has 0 amide bonds. The molecule has 0 bridgehead atoms. The molecule has 0 N–H and O–H groups in total. The van der Waals surface area contributed by atoms with Crippen LogP contribution in [0.25, 0.3) is 73.4 Å². The number of fused-ring (bicyclic) bond motifs is 8. The molecule has 10 aromatic rings. The third-order valence-corrected chi connectivity index (χ3v) is 12.0. The molecule has 2 aromatic heterocycles. The maximum absolute atomic E-state index is 2.39. The molecule has 8 aromatic carbocycles. The largest absolute Gasteiger partial charge is 0.310 e. The van der Waals surface area contributed by atoms with E-state index in [4.69, 9.17) is 0 Å². The second kappa shape index (κ2) is 11.5. The smallest absolute Gasteiger partial charge is 0.0468 e. The molecular formula is C46H29NS2. The zero-order chi connectivity index (χ0) is 32.3. The molecular weight excluding hydrogens is 631 g/mol. The van der Waals surface area contributed by atoms with Gasteiger partial charge in [0.25, 0.3) is 0 Å². The number of benzene rings is 8. The van der Waals surface area contributed by atoms with Gasteiger partial charge in [-0.05, 0) is 87.6 Å².